The Kier molecular flexibility index (Phi) is 5.09. The lowest BCUT2D eigenvalue weighted by Crippen LogP contribution is -2.13. The summed E-state index contributed by atoms with van der Waals surface area (Å²) in [5.74, 6) is -0.335. The van der Waals surface area contributed by atoms with Crippen molar-refractivity contribution < 1.29 is 4.79 Å². The summed E-state index contributed by atoms with van der Waals surface area (Å²) in [6.07, 6.45) is 0.679. The van der Waals surface area contributed by atoms with Gasteiger partial charge in [0, 0.05) is 10.9 Å². The van der Waals surface area contributed by atoms with Crippen LogP contribution < -0.4 is 0 Å². The maximum atomic E-state index is 12.7. The largest absolute Gasteiger partial charge is 0.293 e. The van der Waals surface area contributed by atoms with Crippen molar-refractivity contribution in [2.75, 3.05) is 0 Å². The molecule has 20 heavy (non-hydrogen) atoms. The lowest BCUT2D eigenvalue weighted by molar-refractivity contribution is 0.0957. The number of ketones is 1. The molecule has 1 nitrogen and oxygen atoms in total. The zero-order chi connectivity index (χ0) is 14.7. The highest BCUT2D eigenvalue weighted by molar-refractivity contribution is 6.42. The molecule has 0 aromatic heterocycles. The standard InChI is InChI=1S/C16H13Cl3O/c1-2-12(10-6-4-3-5-7-10)16(20)15-13(18)8-11(17)9-14(15)19/h3-9,12H,2H2,1H3. The molecule has 0 saturated carbocycles. The van der Waals surface area contributed by atoms with Crippen LogP contribution in [0, 0.1) is 0 Å². The van der Waals surface area contributed by atoms with Crippen LogP contribution in [0.25, 0.3) is 0 Å². The SMILES string of the molecule is CCC(C(=O)c1c(Cl)cc(Cl)cc1Cl)c1ccccc1. The average Bonchev–Trinajstić information content (AvgIpc) is 2.39. The van der Waals surface area contributed by atoms with Crippen molar-refractivity contribution in [2.45, 2.75) is 19.3 Å². The van der Waals surface area contributed by atoms with Crippen LogP contribution in [0.2, 0.25) is 15.1 Å². The minimum atomic E-state index is -0.257. The Morgan fingerprint density at radius 2 is 1.60 bits per heavy atom. The number of benzene rings is 2. The zero-order valence-electron chi connectivity index (χ0n) is 10.9. The van der Waals surface area contributed by atoms with E-state index in [-0.39, 0.29) is 11.7 Å². The van der Waals surface area contributed by atoms with Crippen molar-refractivity contribution in [1.82, 2.24) is 0 Å². The minimum absolute atomic E-state index is 0.0784. The van der Waals surface area contributed by atoms with Gasteiger partial charge in [-0.1, -0.05) is 72.1 Å². The van der Waals surface area contributed by atoms with Gasteiger partial charge < -0.3 is 0 Å². The Morgan fingerprint density at radius 1 is 1.05 bits per heavy atom. The number of carbonyl (C=O) groups is 1. The van der Waals surface area contributed by atoms with Gasteiger partial charge in [-0.15, -0.1) is 0 Å². The Morgan fingerprint density at radius 3 is 2.10 bits per heavy atom. The van der Waals surface area contributed by atoms with Gasteiger partial charge in [0.2, 0.25) is 0 Å². The smallest absolute Gasteiger partial charge is 0.173 e. The molecule has 2 aromatic carbocycles. The average molecular weight is 328 g/mol. The Hall–Kier alpha value is -1.02. The van der Waals surface area contributed by atoms with E-state index in [0.717, 1.165) is 5.56 Å². The van der Waals surface area contributed by atoms with Crippen LogP contribution in [0.5, 0.6) is 0 Å². The van der Waals surface area contributed by atoms with Gasteiger partial charge in [-0.3, -0.25) is 4.79 Å². The van der Waals surface area contributed by atoms with Crippen molar-refractivity contribution in [2.24, 2.45) is 0 Å². The van der Waals surface area contributed by atoms with Crippen molar-refractivity contribution in [3.05, 3.63) is 68.7 Å². The van der Waals surface area contributed by atoms with Crippen LogP contribution in [0.15, 0.2) is 42.5 Å². The van der Waals surface area contributed by atoms with E-state index in [1.807, 2.05) is 37.3 Å². The molecule has 0 bridgehead atoms. The van der Waals surface area contributed by atoms with Crippen molar-refractivity contribution >= 4 is 40.6 Å². The quantitative estimate of drug-likeness (QED) is 0.627. The molecule has 4 heteroatoms. The Balaban J connectivity index is 2.45. The van der Waals surface area contributed by atoms with Crippen molar-refractivity contribution in [1.29, 1.82) is 0 Å². The van der Waals surface area contributed by atoms with Gasteiger partial charge in [-0.05, 0) is 24.1 Å². The summed E-state index contributed by atoms with van der Waals surface area (Å²) in [7, 11) is 0. The molecule has 0 saturated heterocycles. The first-order valence-electron chi connectivity index (χ1n) is 6.28. The highest BCUT2D eigenvalue weighted by Crippen LogP contribution is 2.34. The summed E-state index contributed by atoms with van der Waals surface area (Å²) >= 11 is 18.1. The molecule has 104 valence electrons. The van der Waals surface area contributed by atoms with Crippen LogP contribution in [-0.4, -0.2) is 5.78 Å². The predicted molar refractivity (Wildman–Crippen MR) is 85.3 cm³/mol. The number of rotatable bonds is 4. The van der Waals surface area contributed by atoms with E-state index in [9.17, 15) is 4.79 Å². The van der Waals surface area contributed by atoms with E-state index >= 15 is 0 Å². The second-order valence-electron chi connectivity index (χ2n) is 4.48. The lowest BCUT2D eigenvalue weighted by atomic mass is 9.88. The molecule has 2 aromatic rings. The summed E-state index contributed by atoms with van der Waals surface area (Å²) in [6, 6.07) is 12.7. The number of Topliss-reactive ketones (excluding diaryl/α,β-unsaturated/α-hetero) is 1. The summed E-state index contributed by atoms with van der Waals surface area (Å²) in [5, 5.41) is 1.01. The number of halogens is 3. The molecule has 0 aliphatic carbocycles. The highest BCUT2D eigenvalue weighted by atomic mass is 35.5. The molecule has 0 heterocycles. The predicted octanol–water partition coefficient (Wildman–Crippen LogP) is 6.02. The fourth-order valence-corrected chi connectivity index (χ4v) is 3.21. The van der Waals surface area contributed by atoms with Gasteiger partial charge in [0.15, 0.2) is 5.78 Å². The van der Waals surface area contributed by atoms with Crippen LogP contribution in [-0.2, 0) is 0 Å². The maximum absolute atomic E-state index is 12.7. The molecule has 1 unspecified atom stereocenters. The molecule has 0 aliphatic rings. The van der Waals surface area contributed by atoms with E-state index < -0.39 is 0 Å². The Bertz CT molecular complexity index is 600. The van der Waals surface area contributed by atoms with Crippen LogP contribution >= 0.6 is 34.8 Å². The molecule has 0 aliphatic heterocycles. The second-order valence-corrected chi connectivity index (χ2v) is 5.73. The molecular formula is C16H13Cl3O. The van der Waals surface area contributed by atoms with Crippen LogP contribution in [0.4, 0.5) is 0 Å². The molecule has 0 fully saturated rings. The van der Waals surface area contributed by atoms with E-state index in [2.05, 4.69) is 0 Å². The minimum Gasteiger partial charge on any atom is -0.293 e. The number of hydrogen-bond acceptors (Lipinski definition) is 1. The first-order valence-corrected chi connectivity index (χ1v) is 7.41. The molecule has 0 amide bonds. The third kappa shape index (κ3) is 3.17. The third-order valence-electron chi connectivity index (χ3n) is 3.18. The summed E-state index contributed by atoms with van der Waals surface area (Å²) in [6.45, 7) is 1.97. The third-order valence-corrected chi connectivity index (χ3v) is 3.99. The van der Waals surface area contributed by atoms with E-state index in [1.165, 1.54) is 0 Å². The number of carbonyl (C=O) groups excluding carboxylic acids is 1. The first-order chi connectivity index (χ1) is 9.54. The molecule has 0 radical (unpaired) electrons. The molecular weight excluding hydrogens is 315 g/mol. The fraction of sp³-hybridized carbons (Fsp3) is 0.188. The molecule has 0 spiro atoms. The van der Waals surface area contributed by atoms with Gasteiger partial charge in [0.1, 0.15) is 0 Å². The van der Waals surface area contributed by atoms with Gasteiger partial charge >= 0.3 is 0 Å². The number of hydrogen-bond donors (Lipinski definition) is 0. The lowest BCUT2D eigenvalue weighted by Gasteiger charge is -2.16. The first kappa shape index (κ1) is 15.4. The van der Waals surface area contributed by atoms with Crippen molar-refractivity contribution in [3.63, 3.8) is 0 Å². The van der Waals surface area contributed by atoms with Crippen LogP contribution in [0.1, 0.15) is 35.2 Å². The summed E-state index contributed by atoms with van der Waals surface area (Å²) < 4.78 is 0. The van der Waals surface area contributed by atoms with E-state index in [0.29, 0.717) is 27.1 Å². The molecule has 2 rings (SSSR count). The van der Waals surface area contributed by atoms with Crippen LogP contribution in [0.3, 0.4) is 0 Å². The van der Waals surface area contributed by atoms with Crippen molar-refractivity contribution in [3.8, 4) is 0 Å². The topological polar surface area (TPSA) is 17.1 Å². The molecule has 0 N–H and O–H groups in total. The Labute approximate surface area is 133 Å². The maximum Gasteiger partial charge on any atom is 0.173 e. The van der Waals surface area contributed by atoms with Gasteiger partial charge in [0.05, 0.1) is 15.6 Å². The van der Waals surface area contributed by atoms with E-state index in [4.69, 9.17) is 34.8 Å². The second kappa shape index (κ2) is 6.62. The van der Waals surface area contributed by atoms with E-state index in [1.54, 1.807) is 12.1 Å². The zero-order valence-corrected chi connectivity index (χ0v) is 13.1. The molecule has 1 atom stereocenters. The van der Waals surface area contributed by atoms with Gasteiger partial charge in [-0.2, -0.15) is 0 Å². The fourth-order valence-electron chi connectivity index (χ4n) is 2.21. The summed E-state index contributed by atoms with van der Waals surface area (Å²) in [5.41, 5.74) is 1.30. The van der Waals surface area contributed by atoms with Gasteiger partial charge in [0.25, 0.3) is 0 Å². The highest BCUT2D eigenvalue weighted by Gasteiger charge is 2.24. The monoisotopic (exact) mass is 326 g/mol. The van der Waals surface area contributed by atoms with Gasteiger partial charge in [-0.25, -0.2) is 0 Å². The normalized spacial score (nSPS) is 12.2. The summed E-state index contributed by atoms with van der Waals surface area (Å²) in [4.78, 5) is 12.7.